The number of aromatic nitrogens is 3. The van der Waals surface area contributed by atoms with Crippen molar-refractivity contribution in [3.63, 3.8) is 0 Å². The third-order valence-electron chi connectivity index (χ3n) is 6.94. The minimum atomic E-state index is -0.655. The van der Waals surface area contributed by atoms with Crippen LogP contribution in [-0.2, 0) is 12.0 Å². The van der Waals surface area contributed by atoms with Crippen molar-refractivity contribution < 1.29 is 17.9 Å². The fourth-order valence-corrected chi connectivity index (χ4v) is 5.19. The maximum Gasteiger partial charge on any atom is 0.134 e. The van der Waals surface area contributed by atoms with E-state index in [0.29, 0.717) is 32.7 Å². The predicted octanol–water partition coefficient (Wildman–Crippen LogP) is 4.37. The van der Waals surface area contributed by atoms with Crippen molar-refractivity contribution in [1.82, 2.24) is 25.2 Å². The maximum absolute atomic E-state index is 15.3. The van der Waals surface area contributed by atoms with Gasteiger partial charge in [0.2, 0.25) is 0 Å². The molecule has 2 atom stereocenters. The Bertz CT molecular complexity index is 1210. The molecule has 188 valence electrons. The molecule has 1 aromatic heterocycles. The molecule has 3 heterocycles. The average Bonchev–Trinajstić information content (AvgIpc) is 3.20. The van der Waals surface area contributed by atoms with Crippen molar-refractivity contribution in [2.24, 2.45) is 5.92 Å². The number of hydrogen-bond acceptors (Lipinski definition) is 5. The zero-order valence-electron chi connectivity index (χ0n) is 20.6. The summed E-state index contributed by atoms with van der Waals surface area (Å²) in [5.41, 5.74) is 3.20. The lowest BCUT2D eigenvalue weighted by molar-refractivity contribution is 0.0667. The summed E-state index contributed by atoms with van der Waals surface area (Å²) >= 11 is 0. The summed E-state index contributed by atoms with van der Waals surface area (Å²) in [5.74, 6) is -1.06. The number of rotatable bonds is 6. The molecule has 0 bridgehead atoms. The number of fused-ring (bicyclic) bond motifs is 3. The molecule has 9 heteroatoms. The van der Waals surface area contributed by atoms with Gasteiger partial charge in [0.05, 0.1) is 23.8 Å². The molecule has 0 spiro atoms. The number of likely N-dealkylation sites (tertiary alicyclic amines) is 1. The topological polar surface area (TPSA) is 55.2 Å². The van der Waals surface area contributed by atoms with Crippen LogP contribution in [0.2, 0.25) is 0 Å². The van der Waals surface area contributed by atoms with Crippen LogP contribution in [0.3, 0.4) is 0 Å². The second-order valence-electron chi connectivity index (χ2n) is 10.8. The van der Waals surface area contributed by atoms with Gasteiger partial charge in [0.1, 0.15) is 29.5 Å². The molecule has 1 fully saturated rings. The lowest BCUT2D eigenvalue weighted by atomic mass is 9.85. The second-order valence-corrected chi connectivity index (χ2v) is 10.8. The number of halogens is 3. The van der Waals surface area contributed by atoms with Gasteiger partial charge in [-0.2, -0.15) is 0 Å². The lowest BCUT2D eigenvalue weighted by Gasteiger charge is -2.37. The third kappa shape index (κ3) is 4.51. The number of hydrogen-bond donors (Lipinski definition) is 1. The predicted molar refractivity (Wildman–Crippen MR) is 128 cm³/mol. The summed E-state index contributed by atoms with van der Waals surface area (Å²) in [5, 5.41) is 12.2. The molecule has 2 aliphatic heterocycles. The molecule has 3 aromatic rings. The molecule has 0 saturated carbocycles. The van der Waals surface area contributed by atoms with Crippen LogP contribution in [0.25, 0.3) is 11.0 Å². The Labute approximate surface area is 203 Å². The van der Waals surface area contributed by atoms with Gasteiger partial charge in [-0.15, -0.1) is 5.10 Å². The molecule has 0 radical (unpaired) electrons. The normalized spacial score (nSPS) is 21.2. The first-order chi connectivity index (χ1) is 16.7. The molecule has 0 amide bonds. The highest BCUT2D eigenvalue weighted by atomic mass is 19.1. The van der Waals surface area contributed by atoms with Crippen molar-refractivity contribution in [3.8, 4) is 5.75 Å². The van der Waals surface area contributed by atoms with Crippen LogP contribution in [0.4, 0.5) is 13.2 Å². The SMILES string of the molecule is CC1Cc2c(ccc3c2nnn3C(C)(C)C)C(c2c(F)cc(OCCN3CC(CF)C3)cc2F)N1. The van der Waals surface area contributed by atoms with E-state index in [1.165, 1.54) is 12.1 Å². The van der Waals surface area contributed by atoms with Gasteiger partial charge in [-0.05, 0) is 51.3 Å². The van der Waals surface area contributed by atoms with E-state index >= 15 is 8.78 Å². The van der Waals surface area contributed by atoms with Crippen LogP contribution in [-0.4, -0.2) is 58.9 Å². The molecule has 6 nitrogen and oxygen atoms in total. The quantitative estimate of drug-likeness (QED) is 0.560. The largest absolute Gasteiger partial charge is 0.492 e. The highest BCUT2D eigenvalue weighted by Crippen LogP contribution is 2.38. The summed E-state index contributed by atoms with van der Waals surface area (Å²) in [6, 6.07) is 5.69. The van der Waals surface area contributed by atoms with Gasteiger partial charge in [0.25, 0.3) is 0 Å². The van der Waals surface area contributed by atoms with Crippen molar-refractivity contribution in [2.75, 3.05) is 32.9 Å². The Balaban J connectivity index is 1.41. The van der Waals surface area contributed by atoms with Gasteiger partial charge in [-0.3, -0.25) is 9.29 Å². The van der Waals surface area contributed by atoms with Gasteiger partial charge in [-0.25, -0.2) is 13.5 Å². The molecule has 2 aliphatic rings. The van der Waals surface area contributed by atoms with E-state index < -0.39 is 17.7 Å². The van der Waals surface area contributed by atoms with E-state index in [0.717, 1.165) is 22.2 Å². The number of alkyl halides is 1. The van der Waals surface area contributed by atoms with Crippen LogP contribution in [0.15, 0.2) is 24.3 Å². The monoisotopic (exact) mass is 487 g/mol. The molecule has 5 rings (SSSR count). The van der Waals surface area contributed by atoms with E-state index in [1.807, 2.05) is 23.7 Å². The van der Waals surface area contributed by atoms with Gasteiger partial charge >= 0.3 is 0 Å². The molecular formula is C26H32F3N5O. The van der Waals surface area contributed by atoms with Crippen LogP contribution in [0.1, 0.15) is 50.4 Å². The Hall–Kier alpha value is -2.65. The molecule has 2 unspecified atom stereocenters. The summed E-state index contributed by atoms with van der Waals surface area (Å²) in [6.45, 7) is 10.2. The van der Waals surface area contributed by atoms with Gasteiger partial charge in [0.15, 0.2) is 0 Å². The van der Waals surface area contributed by atoms with Crippen molar-refractivity contribution in [3.05, 3.63) is 52.6 Å². The summed E-state index contributed by atoms with van der Waals surface area (Å²) in [4.78, 5) is 2.06. The van der Waals surface area contributed by atoms with E-state index in [1.54, 1.807) is 0 Å². The second kappa shape index (κ2) is 9.09. The van der Waals surface area contributed by atoms with Crippen molar-refractivity contribution >= 4 is 11.0 Å². The number of benzene rings is 2. The van der Waals surface area contributed by atoms with Crippen molar-refractivity contribution in [2.45, 2.75) is 51.7 Å². The summed E-state index contributed by atoms with van der Waals surface area (Å²) in [6.07, 6.45) is 0.691. The van der Waals surface area contributed by atoms with Gasteiger partial charge in [-0.1, -0.05) is 11.3 Å². The molecule has 1 saturated heterocycles. The first-order valence-corrected chi connectivity index (χ1v) is 12.2. The number of nitrogens with zero attached hydrogens (tertiary/aromatic N) is 4. The molecular weight excluding hydrogens is 455 g/mol. The van der Waals surface area contributed by atoms with Crippen LogP contribution in [0, 0.1) is 17.6 Å². The Morgan fingerprint density at radius 1 is 1.14 bits per heavy atom. The Morgan fingerprint density at radius 2 is 1.86 bits per heavy atom. The zero-order chi connectivity index (χ0) is 24.9. The van der Waals surface area contributed by atoms with Gasteiger partial charge in [0, 0.05) is 49.3 Å². The standard InChI is InChI=1S/C26H32F3N5O/c1-15-9-19-18(5-6-22-24(19)31-32-34(22)26(2,3)4)25(30-15)23-20(28)10-17(11-21(23)29)35-8-7-33-13-16(12-27)14-33/h5-6,10-11,15-16,25,30H,7-9,12-14H2,1-4H3. The number of ether oxygens (including phenoxy) is 1. The molecule has 35 heavy (non-hydrogen) atoms. The van der Waals surface area contributed by atoms with Crippen molar-refractivity contribution in [1.29, 1.82) is 0 Å². The minimum Gasteiger partial charge on any atom is -0.492 e. The lowest BCUT2D eigenvalue weighted by Crippen LogP contribution is -2.49. The first kappa shape index (κ1) is 24.1. The zero-order valence-corrected chi connectivity index (χ0v) is 20.6. The van der Waals surface area contributed by atoms with E-state index in [-0.39, 0.29) is 35.5 Å². The van der Waals surface area contributed by atoms with E-state index in [4.69, 9.17) is 4.74 Å². The average molecular weight is 488 g/mol. The fourth-order valence-electron chi connectivity index (χ4n) is 5.19. The maximum atomic E-state index is 15.3. The molecule has 0 aliphatic carbocycles. The highest BCUT2D eigenvalue weighted by Gasteiger charge is 2.33. The summed E-state index contributed by atoms with van der Waals surface area (Å²) in [7, 11) is 0. The van der Waals surface area contributed by atoms with Crippen LogP contribution >= 0.6 is 0 Å². The molecule has 2 aromatic carbocycles. The smallest absolute Gasteiger partial charge is 0.134 e. The van der Waals surface area contributed by atoms with Crippen LogP contribution < -0.4 is 10.1 Å². The summed E-state index contributed by atoms with van der Waals surface area (Å²) < 4.78 is 50.7. The fraction of sp³-hybridized carbons (Fsp3) is 0.538. The molecule has 1 N–H and O–H groups in total. The first-order valence-electron chi connectivity index (χ1n) is 12.2. The Kier molecular flexibility index (Phi) is 6.25. The number of nitrogens with one attached hydrogen (secondary N) is 1. The van der Waals surface area contributed by atoms with E-state index in [9.17, 15) is 4.39 Å². The third-order valence-corrected chi connectivity index (χ3v) is 6.94. The highest BCUT2D eigenvalue weighted by molar-refractivity contribution is 5.80. The Morgan fingerprint density at radius 3 is 2.51 bits per heavy atom. The van der Waals surface area contributed by atoms with Crippen LogP contribution in [0.5, 0.6) is 5.75 Å². The minimum absolute atomic E-state index is 0.00251. The van der Waals surface area contributed by atoms with Gasteiger partial charge < -0.3 is 10.1 Å². The van der Waals surface area contributed by atoms with E-state index in [2.05, 4.69) is 41.3 Å².